The van der Waals surface area contributed by atoms with E-state index in [1.807, 2.05) is 55.6 Å². The van der Waals surface area contributed by atoms with Crippen LogP contribution in [0, 0.1) is 0 Å². The molecule has 1 fully saturated rings. The Morgan fingerprint density at radius 3 is 2.47 bits per heavy atom. The van der Waals surface area contributed by atoms with Gasteiger partial charge in [0.2, 0.25) is 5.95 Å². The molecule has 1 aliphatic rings. The molecule has 0 aliphatic carbocycles. The molecule has 3 heterocycles. The highest BCUT2D eigenvalue weighted by Gasteiger charge is 2.22. The maximum absolute atomic E-state index is 11.5. The molecule has 0 atom stereocenters. The number of piperidine rings is 1. The van der Waals surface area contributed by atoms with E-state index >= 15 is 0 Å². The first-order valence-corrected chi connectivity index (χ1v) is 12.4. The maximum Gasteiger partial charge on any atom is 0.277 e. The van der Waals surface area contributed by atoms with Crippen LogP contribution in [-0.2, 0) is 6.54 Å². The molecule has 196 valence electrons. The quantitative estimate of drug-likeness (QED) is 0.238. The summed E-state index contributed by atoms with van der Waals surface area (Å²) in [4.78, 5) is 33.9. The predicted octanol–water partition coefficient (Wildman–Crippen LogP) is 3.07. The molecule has 0 unspecified atom stereocenters. The van der Waals surface area contributed by atoms with Crippen molar-refractivity contribution in [3.63, 3.8) is 0 Å². The summed E-state index contributed by atoms with van der Waals surface area (Å²) in [6.45, 7) is 2.13. The Labute approximate surface area is 220 Å². The number of benzene rings is 2. The van der Waals surface area contributed by atoms with Crippen LogP contribution in [0.5, 0.6) is 5.75 Å². The number of carbonyl (C=O) groups excluding carboxylic acids is 1. The second-order valence-corrected chi connectivity index (χ2v) is 9.09. The molecule has 3 N–H and O–H groups in total. The third-order valence-corrected chi connectivity index (χ3v) is 6.74. The Hall–Kier alpha value is -4.35. The largest absolute Gasteiger partial charge is 0.497 e. The lowest BCUT2D eigenvalue weighted by Crippen LogP contribution is -2.43. The number of nitrogens with one attached hydrogen (secondary N) is 2. The molecule has 0 radical (unpaired) electrons. The van der Waals surface area contributed by atoms with E-state index in [9.17, 15) is 4.79 Å². The Kier molecular flexibility index (Phi) is 7.57. The lowest BCUT2D eigenvalue weighted by molar-refractivity contribution is 0.0705. The second-order valence-electron chi connectivity index (χ2n) is 9.09. The zero-order chi connectivity index (χ0) is 26.5. The van der Waals surface area contributed by atoms with E-state index in [1.165, 1.54) is 12.4 Å². The van der Waals surface area contributed by atoms with Gasteiger partial charge in [0.15, 0.2) is 0 Å². The van der Waals surface area contributed by atoms with Crippen molar-refractivity contribution in [2.45, 2.75) is 25.4 Å². The molecule has 0 bridgehead atoms. The van der Waals surface area contributed by atoms with Gasteiger partial charge < -0.3 is 19.9 Å². The molecule has 2 aromatic carbocycles. The molecule has 5 rings (SSSR count). The average molecular weight is 515 g/mol. The summed E-state index contributed by atoms with van der Waals surface area (Å²) in [6, 6.07) is 16.3. The van der Waals surface area contributed by atoms with Crippen LogP contribution in [0.1, 0.15) is 29.0 Å². The molecule has 38 heavy (non-hydrogen) atoms. The minimum absolute atomic E-state index is 0.209. The van der Waals surface area contributed by atoms with E-state index in [1.54, 1.807) is 12.6 Å². The van der Waals surface area contributed by atoms with Gasteiger partial charge in [-0.2, -0.15) is 0 Å². The summed E-state index contributed by atoms with van der Waals surface area (Å²) in [5.41, 5.74) is 3.71. The number of ether oxygens (including phenoxy) is 1. The van der Waals surface area contributed by atoms with Crippen molar-refractivity contribution in [3.05, 3.63) is 72.3 Å². The van der Waals surface area contributed by atoms with Crippen molar-refractivity contribution in [2.75, 3.05) is 37.0 Å². The van der Waals surface area contributed by atoms with Crippen molar-refractivity contribution >= 4 is 34.3 Å². The highest BCUT2D eigenvalue weighted by Crippen LogP contribution is 2.30. The molecule has 4 aromatic rings. The number of carbonyl (C=O) groups is 1. The maximum atomic E-state index is 11.5. The monoisotopic (exact) mass is 514 g/mol. The first-order chi connectivity index (χ1) is 18.6. The lowest BCUT2D eigenvalue weighted by Gasteiger charge is -2.32. The van der Waals surface area contributed by atoms with E-state index in [4.69, 9.17) is 19.9 Å². The summed E-state index contributed by atoms with van der Waals surface area (Å²) in [5.74, 6) is 2.34. The van der Waals surface area contributed by atoms with Gasteiger partial charge in [0.1, 0.15) is 17.4 Å². The molecule has 1 amide bonds. The van der Waals surface area contributed by atoms with Gasteiger partial charge >= 0.3 is 0 Å². The van der Waals surface area contributed by atoms with Crippen molar-refractivity contribution in [1.82, 2.24) is 30.7 Å². The predicted molar refractivity (Wildman–Crippen MR) is 144 cm³/mol. The van der Waals surface area contributed by atoms with Gasteiger partial charge in [0.25, 0.3) is 5.91 Å². The van der Waals surface area contributed by atoms with Gasteiger partial charge in [0, 0.05) is 49.6 Å². The molecular formula is C27H30N8O3. The summed E-state index contributed by atoms with van der Waals surface area (Å²) < 4.78 is 5.30. The van der Waals surface area contributed by atoms with E-state index < -0.39 is 5.91 Å². The zero-order valence-electron chi connectivity index (χ0n) is 21.3. The minimum Gasteiger partial charge on any atom is -0.497 e. The first kappa shape index (κ1) is 25.3. The number of hydrogen-bond donors (Lipinski definition) is 3. The number of aromatic nitrogens is 4. The third-order valence-electron chi connectivity index (χ3n) is 6.74. The van der Waals surface area contributed by atoms with E-state index in [-0.39, 0.29) is 5.56 Å². The van der Waals surface area contributed by atoms with Gasteiger partial charge in [-0.3, -0.25) is 10.0 Å². The van der Waals surface area contributed by atoms with Crippen molar-refractivity contribution in [1.29, 1.82) is 0 Å². The number of hydrogen-bond acceptors (Lipinski definition) is 10. The number of hydroxylamine groups is 1. The van der Waals surface area contributed by atoms with Crippen LogP contribution in [0.3, 0.4) is 0 Å². The molecule has 11 nitrogen and oxygen atoms in total. The molecule has 1 saturated heterocycles. The number of para-hydroxylation sites is 1. The van der Waals surface area contributed by atoms with Crippen molar-refractivity contribution in [2.24, 2.45) is 0 Å². The summed E-state index contributed by atoms with van der Waals surface area (Å²) in [6.07, 6.45) is 4.65. The van der Waals surface area contributed by atoms with Crippen LogP contribution in [0.2, 0.25) is 0 Å². The standard InChI is InChI=1S/C27H30N8O3/c1-34(20-7-9-21(38-2)10-8-20)25-22-5-3-4-6-23(22)31-24(32-25)17-28-19-11-13-35(14-12-19)27-29-15-18(16-30-27)26(36)33-37/h3-10,15-16,19,28,37H,11-14,17H2,1-2H3,(H,33,36). The molecule has 11 heteroatoms. The van der Waals surface area contributed by atoms with Crippen molar-refractivity contribution in [3.8, 4) is 5.75 Å². The van der Waals surface area contributed by atoms with E-state index in [2.05, 4.69) is 25.1 Å². The second kappa shape index (κ2) is 11.4. The number of methoxy groups -OCH3 is 1. The van der Waals surface area contributed by atoms with Crippen LogP contribution in [-0.4, -0.2) is 64.3 Å². The fraction of sp³-hybridized carbons (Fsp3) is 0.296. The smallest absolute Gasteiger partial charge is 0.277 e. The first-order valence-electron chi connectivity index (χ1n) is 12.4. The van der Waals surface area contributed by atoms with Gasteiger partial charge in [-0.25, -0.2) is 25.4 Å². The van der Waals surface area contributed by atoms with Gasteiger partial charge in [-0.15, -0.1) is 0 Å². The summed E-state index contributed by atoms with van der Waals surface area (Å²) >= 11 is 0. The fourth-order valence-corrected chi connectivity index (χ4v) is 4.56. The number of nitrogens with zero attached hydrogens (tertiary/aromatic N) is 6. The van der Waals surface area contributed by atoms with Crippen LogP contribution < -0.4 is 25.3 Å². The van der Waals surface area contributed by atoms with Crippen molar-refractivity contribution < 1.29 is 14.7 Å². The van der Waals surface area contributed by atoms with E-state index in [0.29, 0.717) is 18.5 Å². The molecule has 0 spiro atoms. The molecular weight excluding hydrogens is 484 g/mol. The van der Waals surface area contributed by atoms with Gasteiger partial charge in [-0.1, -0.05) is 12.1 Å². The Morgan fingerprint density at radius 2 is 1.79 bits per heavy atom. The Balaban J connectivity index is 1.25. The average Bonchev–Trinajstić information content (AvgIpc) is 2.99. The van der Waals surface area contributed by atoms with Gasteiger partial charge in [-0.05, 0) is 49.2 Å². The summed E-state index contributed by atoms with van der Waals surface area (Å²) in [7, 11) is 3.67. The molecule has 2 aromatic heterocycles. The number of rotatable bonds is 8. The van der Waals surface area contributed by atoms with Crippen LogP contribution in [0.4, 0.5) is 17.5 Å². The highest BCUT2D eigenvalue weighted by molar-refractivity contribution is 5.93. The fourth-order valence-electron chi connectivity index (χ4n) is 4.56. The van der Waals surface area contributed by atoms with Crippen LogP contribution >= 0.6 is 0 Å². The minimum atomic E-state index is -0.631. The van der Waals surface area contributed by atoms with E-state index in [0.717, 1.165) is 59.9 Å². The summed E-state index contributed by atoms with van der Waals surface area (Å²) in [5, 5.41) is 13.4. The van der Waals surface area contributed by atoms with Gasteiger partial charge in [0.05, 0.1) is 24.7 Å². The molecule has 0 saturated carbocycles. The topological polar surface area (TPSA) is 129 Å². The number of fused-ring (bicyclic) bond motifs is 1. The lowest BCUT2D eigenvalue weighted by atomic mass is 10.1. The highest BCUT2D eigenvalue weighted by atomic mass is 16.5. The zero-order valence-corrected chi connectivity index (χ0v) is 21.3. The Bertz CT molecular complexity index is 1390. The molecule has 1 aliphatic heterocycles. The Morgan fingerprint density at radius 1 is 1.08 bits per heavy atom. The van der Waals surface area contributed by atoms with Crippen LogP contribution in [0.15, 0.2) is 60.9 Å². The third kappa shape index (κ3) is 5.48. The number of amides is 1. The number of anilines is 3. The SMILES string of the molecule is COc1ccc(N(C)c2nc(CNC3CCN(c4ncc(C(=O)NO)cn4)CC3)nc3ccccc23)cc1. The normalized spacial score (nSPS) is 13.9. The van der Waals surface area contributed by atoms with Crippen LogP contribution in [0.25, 0.3) is 10.9 Å².